The van der Waals surface area contributed by atoms with Gasteiger partial charge < -0.3 is 5.73 Å². The number of nitrogens with two attached hydrogens (primary N) is 1. The summed E-state index contributed by atoms with van der Waals surface area (Å²) >= 11 is 0. The Balaban J connectivity index is 2.85. The lowest BCUT2D eigenvalue weighted by molar-refractivity contribution is 0.458. The molecule has 3 unspecified atom stereocenters. The molecule has 6 heteroatoms. The SMILES string of the molecule is CCC(C#N)S(=O)(=O)N1CC(C)C(N)C1. The summed E-state index contributed by atoms with van der Waals surface area (Å²) in [6.07, 6.45) is 0.318. The molecule has 0 aliphatic carbocycles. The average Bonchev–Trinajstić information content (AvgIpc) is 2.49. The van der Waals surface area contributed by atoms with Crippen molar-refractivity contribution in [2.75, 3.05) is 13.1 Å². The monoisotopic (exact) mass is 231 g/mol. The predicted octanol–water partition coefficient (Wildman–Crippen LogP) is -0.103. The van der Waals surface area contributed by atoms with Gasteiger partial charge in [-0.2, -0.15) is 9.57 Å². The van der Waals surface area contributed by atoms with E-state index in [-0.39, 0.29) is 12.0 Å². The van der Waals surface area contributed by atoms with Crippen molar-refractivity contribution in [2.24, 2.45) is 11.7 Å². The van der Waals surface area contributed by atoms with Gasteiger partial charge in [0.1, 0.15) is 0 Å². The van der Waals surface area contributed by atoms with Gasteiger partial charge >= 0.3 is 0 Å². The molecular formula is C9H17N3O2S. The van der Waals surface area contributed by atoms with Crippen LogP contribution in [0.15, 0.2) is 0 Å². The van der Waals surface area contributed by atoms with E-state index >= 15 is 0 Å². The van der Waals surface area contributed by atoms with Crippen molar-refractivity contribution in [1.82, 2.24) is 4.31 Å². The Kier molecular flexibility index (Phi) is 3.71. The second-order valence-electron chi connectivity index (χ2n) is 4.03. The Labute approximate surface area is 90.9 Å². The zero-order chi connectivity index (χ0) is 11.6. The molecule has 0 spiro atoms. The van der Waals surface area contributed by atoms with Crippen LogP contribution in [-0.2, 0) is 10.0 Å². The fourth-order valence-electron chi connectivity index (χ4n) is 1.70. The summed E-state index contributed by atoms with van der Waals surface area (Å²) in [5.74, 6) is 0.163. The predicted molar refractivity (Wildman–Crippen MR) is 57.3 cm³/mol. The highest BCUT2D eigenvalue weighted by Crippen LogP contribution is 2.21. The van der Waals surface area contributed by atoms with E-state index in [0.717, 1.165) is 0 Å². The molecule has 1 rings (SSSR count). The van der Waals surface area contributed by atoms with E-state index in [2.05, 4.69) is 0 Å². The van der Waals surface area contributed by atoms with Crippen LogP contribution in [0.2, 0.25) is 0 Å². The van der Waals surface area contributed by atoms with Crippen molar-refractivity contribution in [1.29, 1.82) is 5.26 Å². The van der Waals surface area contributed by atoms with Crippen molar-refractivity contribution in [2.45, 2.75) is 31.6 Å². The first-order chi connectivity index (χ1) is 6.93. The van der Waals surface area contributed by atoms with E-state index in [0.29, 0.717) is 19.5 Å². The van der Waals surface area contributed by atoms with Crippen LogP contribution in [0.5, 0.6) is 0 Å². The Morgan fingerprint density at radius 3 is 2.53 bits per heavy atom. The molecule has 1 fully saturated rings. The highest BCUT2D eigenvalue weighted by molar-refractivity contribution is 7.90. The van der Waals surface area contributed by atoms with Crippen molar-refractivity contribution in [3.8, 4) is 6.07 Å². The van der Waals surface area contributed by atoms with Gasteiger partial charge in [0.25, 0.3) is 0 Å². The highest BCUT2D eigenvalue weighted by atomic mass is 32.2. The van der Waals surface area contributed by atoms with Gasteiger partial charge in [0.15, 0.2) is 5.25 Å². The first kappa shape index (κ1) is 12.4. The quantitative estimate of drug-likeness (QED) is 0.734. The zero-order valence-corrected chi connectivity index (χ0v) is 9.87. The fraction of sp³-hybridized carbons (Fsp3) is 0.889. The van der Waals surface area contributed by atoms with Crippen molar-refractivity contribution in [3.05, 3.63) is 0 Å². The van der Waals surface area contributed by atoms with Crippen LogP contribution in [0.4, 0.5) is 0 Å². The molecule has 0 aromatic heterocycles. The van der Waals surface area contributed by atoms with Gasteiger partial charge in [-0.25, -0.2) is 8.42 Å². The first-order valence-electron chi connectivity index (χ1n) is 5.07. The second kappa shape index (κ2) is 4.47. The van der Waals surface area contributed by atoms with E-state index in [9.17, 15) is 8.42 Å². The van der Waals surface area contributed by atoms with Crippen LogP contribution in [0, 0.1) is 17.2 Å². The molecule has 0 aromatic carbocycles. The van der Waals surface area contributed by atoms with Crippen LogP contribution in [0.3, 0.4) is 0 Å². The van der Waals surface area contributed by atoms with Gasteiger partial charge in [0.05, 0.1) is 6.07 Å². The minimum absolute atomic E-state index is 0.115. The molecule has 0 aromatic rings. The lowest BCUT2D eigenvalue weighted by Crippen LogP contribution is -2.38. The standard InChI is InChI=1S/C9H17N3O2S/c1-3-8(4-10)15(13,14)12-5-7(2)9(11)6-12/h7-9H,3,5-6,11H2,1-2H3. The van der Waals surface area contributed by atoms with Gasteiger partial charge in [-0.1, -0.05) is 13.8 Å². The van der Waals surface area contributed by atoms with Gasteiger partial charge in [0, 0.05) is 19.1 Å². The number of nitriles is 1. The topological polar surface area (TPSA) is 87.2 Å². The summed E-state index contributed by atoms with van der Waals surface area (Å²) in [7, 11) is -3.47. The number of hydrogen-bond acceptors (Lipinski definition) is 4. The molecular weight excluding hydrogens is 214 g/mol. The summed E-state index contributed by atoms with van der Waals surface area (Å²) in [5.41, 5.74) is 5.76. The van der Waals surface area contributed by atoms with Crippen molar-refractivity contribution >= 4 is 10.0 Å². The Morgan fingerprint density at radius 1 is 1.60 bits per heavy atom. The summed E-state index contributed by atoms with van der Waals surface area (Å²) in [6, 6.07) is 1.71. The summed E-state index contributed by atoms with van der Waals surface area (Å²) in [5, 5.41) is 7.83. The van der Waals surface area contributed by atoms with Crippen LogP contribution in [0.25, 0.3) is 0 Å². The molecule has 1 aliphatic heterocycles. The largest absolute Gasteiger partial charge is 0.326 e. The molecule has 3 atom stereocenters. The normalized spacial score (nSPS) is 30.0. The minimum atomic E-state index is -3.47. The van der Waals surface area contributed by atoms with E-state index in [1.807, 2.05) is 13.0 Å². The molecule has 15 heavy (non-hydrogen) atoms. The maximum atomic E-state index is 11.9. The molecule has 86 valence electrons. The number of nitrogens with zero attached hydrogens (tertiary/aromatic N) is 2. The molecule has 0 radical (unpaired) electrons. The maximum Gasteiger partial charge on any atom is 0.230 e. The molecule has 0 amide bonds. The van der Waals surface area contributed by atoms with Gasteiger partial charge in [-0.15, -0.1) is 0 Å². The summed E-state index contributed by atoms with van der Waals surface area (Å²) < 4.78 is 25.2. The number of sulfonamides is 1. The zero-order valence-electron chi connectivity index (χ0n) is 9.05. The van der Waals surface area contributed by atoms with Crippen LogP contribution >= 0.6 is 0 Å². The molecule has 1 heterocycles. The Hall–Kier alpha value is -0.640. The molecule has 0 saturated carbocycles. The summed E-state index contributed by atoms with van der Waals surface area (Å²) in [6.45, 7) is 4.39. The lowest BCUT2D eigenvalue weighted by Gasteiger charge is -2.18. The number of hydrogen-bond donors (Lipinski definition) is 1. The van der Waals surface area contributed by atoms with Crippen LogP contribution in [-0.4, -0.2) is 37.1 Å². The molecule has 2 N–H and O–H groups in total. The molecule has 1 aliphatic rings. The Bertz CT molecular complexity index is 350. The van der Waals surface area contributed by atoms with Gasteiger partial charge in [-0.05, 0) is 12.3 Å². The third kappa shape index (κ3) is 2.30. The van der Waals surface area contributed by atoms with Crippen LogP contribution in [0.1, 0.15) is 20.3 Å². The third-order valence-electron chi connectivity index (χ3n) is 2.87. The fourth-order valence-corrected chi connectivity index (χ4v) is 3.44. The molecule has 0 bridgehead atoms. The number of rotatable bonds is 3. The third-order valence-corrected chi connectivity index (χ3v) is 5.05. The average molecular weight is 231 g/mol. The lowest BCUT2D eigenvalue weighted by atomic mass is 10.1. The Morgan fingerprint density at radius 2 is 2.20 bits per heavy atom. The van der Waals surface area contributed by atoms with E-state index < -0.39 is 15.3 Å². The van der Waals surface area contributed by atoms with Gasteiger partial charge in [-0.3, -0.25) is 0 Å². The van der Waals surface area contributed by atoms with E-state index in [1.165, 1.54) is 4.31 Å². The van der Waals surface area contributed by atoms with Gasteiger partial charge in [0.2, 0.25) is 10.0 Å². The van der Waals surface area contributed by atoms with Crippen LogP contribution < -0.4 is 5.73 Å². The molecule has 1 saturated heterocycles. The first-order valence-corrected chi connectivity index (χ1v) is 6.58. The van der Waals surface area contributed by atoms with Crippen molar-refractivity contribution < 1.29 is 8.42 Å². The van der Waals surface area contributed by atoms with Crippen molar-refractivity contribution in [3.63, 3.8) is 0 Å². The minimum Gasteiger partial charge on any atom is -0.326 e. The molecule has 5 nitrogen and oxygen atoms in total. The highest BCUT2D eigenvalue weighted by Gasteiger charge is 2.38. The maximum absolute atomic E-state index is 11.9. The smallest absolute Gasteiger partial charge is 0.230 e. The second-order valence-corrected chi connectivity index (χ2v) is 6.14. The van der Waals surface area contributed by atoms with E-state index in [4.69, 9.17) is 11.0 Å². The summed E-state index contributed by atoms with van der Waals surface area (Å²) in [4.78, 5) is 0. The van der Waals surface area contributed by atoms with E-state index in [1.54, 1.807) is 6.92 Å².